The molecule has 0 aromatic carbocycles. The number of aryl methyl sites for hydroxylation is 1. The van der Waals surface area contributed by atoms with Gasteiger partial charge in [-0.3, -0.25) is 0 Å². The van der Waals surface area contributed by atoms with Crippen molar-refractivity contribution in [1.82, 2.24) is 9.97 Å². The van der Waals surface area contributed by atoms with Crippen molar-refractivity contribution >= 4 is 5.95 Å². The summed E-state index contributed by atoms with van der Waals surface area (Å²) in [5.41, 5.74) is 0. The third-order valence-corrected chi connectivity index (χ3v) is 1.84. The van der Waals surface area contributed by atoms with Crippen LogP contribution in [0.4, 0.5) is 10.3 Å². The first-order valence-electron chi connectivity index (χ1n) is 4.51. The largest absolute Gasteiger partial charge is 0.465 e. The van der Waals surface area contributed by atoms with Crippen molar-refractivity contribution < 1.29 is 8.81 Å². The quantitative estimate of drug-likeness (QED) is 0.837. The number of aromatic nitrogens is 2. The fraction of sp³-hybridized carbons (Fsp3) is 0.200. The zero-order valence-corrected chi connectivity index (χ0v) is 8.20. The Balaban J connectivity index is 1.96. The second-order valence-corrected chi connectivity index (χ2v) is 3.09. The first-order valence-corrected chi connectivity index (χ1v) is 4.51. The molecule has 0 amide bonds. The van der Waals surface area contributed by atoms with Gasteiger partial charge >= 0.3 is 0 Å². The van der Waals surface area contributed by atoms with Gasteiger partial charge in [0.2, 0.25) is 5.95 Å². The molecule has 2 rings (SSSR count). The maximum atomic E-state index is 12.5. The summed E-state index contributed by atoms with van der Waals surface area (Å²) in [4.78, 5) is 7.52. The van der Waals surface area contributed by atoms with Gasteiger partial charge in [0.25, 0.3) is 0 Å². The summed E-state index contributed by atoms with van der Waals surface area (Å²) in [5, 5.41) is 2.92. The minimum Gasteiger partial charge on any atom is -0.465 e. The summed E-state index contributed by atoms with van der Waals surface area (Å²) in [6, 6.07) is 3.74. The summed E-state index contributed by atoms with van der Waals surface area (Å²) < 4.78 is 17.8. The van der Waals surface area contributed by atoms with Gasteiger partial charge in [-0.1, -0.05) is 0 Å². The molecule has 0 saturated carbocycles. The number of hydrogen-bond donors (Lipinski definition) is 1. The van der Waals surface area contributed by atoms with Crippen LogP contribution >= 0.6 is 0 Å². The highest BCUT2D eigenvalue weighted by Crippen LogP contribution is 2.08. The molecule has 0 atom stereocenters. The predicted molar refractivity (Wildman–Crippen MR) is 52.8 cm³/mol. The third-order valence-electron chi connectivity index (χ3n) is 1.84. The predicted octanol–water partition coefficient (Wildman–Crippen LogP) is 2.13. The van der Waals surface area contributed by atoms with Gasteiger partial charge in [0.05, 0.1) is 18.9 Å². The zero-order chi connectivity index (χ0) is 10.7. The van der Waals surface area contributed by atoms with Gasteiger partial charge < -0.3 is 9.73 Å². The second-order valence-electron chi connectivity index (χ2n) is 3.09. The molecule has 2 heterocycles. The lowest BCUT2D eigenvalue weighted by Gasteiger charge is -2.00. The number of anilines is 1. The summed E-state index contributed by atoms with van der Waals surface area (Å²) in [7, 11) is 0. The van der Waals surface area contributed by atoms with Gasteiger partial charge in [-0.15, -0.1) is 0 Å². The molecular formula is C10H10FN3O. The molecule has 0 radical (unpaired) electrons. The van der Waals surface area contributed by atoms with Crippen molar-refractivity contribution in [1.29, 1.82) is 0 Å². The van der Waals surface area contributed by atoms with E-state index >= 15 is 0 Å². The van der Waals surface area contributed by atoms with E-state index in [9.17, 15) is 4.39 Å². The summed E-state index contributed by atoms with van der Waals surface area (Å²) in [6.07, 6.45) is 2.23. The van der Waals surface area contributed by atoms with E-state index in [1.165, 1.54) is 0 Å². The van der Waals surface area contributed by atoms with E-state index < -0.39 is 5.82 Å². The highest BCUT2D eigenvalue weighted by Gasteiger charge is 2.00. The normalized spacial score (nSPS) is 10.3. The minimum absolute atomic E-state index is 0.380. The van der Waals surface area contributed by atoms with Gasteiger partial charge in [0.15, 0.2) is 5.82 Å². The molecule has 2 aromatic rings. The van der Waals surface area contributed by atoms with E-state index in [4.69, 9.17) is 4.42 Å². The highest BCUT2D eigenvalue weighted by molar-refractivity contribution is 5.23. The van der Waals surface area contributed by atoms with Crippen molar-refractivity contribution in [2.45, 2.75) is 13.5 Å². The van der Waals surface area contributed by atoms with E-state index in [0.717, 1.165) is 23.9 Å². The molecule has 0 fully saturated rings. The van der Waals surface area contributed by atoms with Crippen LogP contribution in [-0.2, 0) is 6.54 Å². The lowest BCUT2D eigenvalue weighted by molar-refractivity contribution is 0.490. The average molecular weight is 207 g/mol. The SMILES string of the molecule is Cc1ccc(CNc2ncc(F)cn2)o1. The van der Waals surface area contributed by atoms with Gasteiger partial charge in [0, 0.05) is 0 Å². The van der Waals surface area contributed by atoms with Gasteiger partial charge in [-0.2, -0.15) is 0 Å². The van der Waals surface area contributed by atoms with Crippen molar-refractivity contribution in [3.63, 3.8) is 0 Å². The van der Waals surface area contributed by atoms with Gasteiger partial charge in [-0.25, -0.2) is 14.4 Å². The molecular weight excluding hydrogens is 197 g/mol. The molecule has 0 saturated heterocycles. The lowest BCUT2D eigenvalue weighted by atomic mass is 10.4. The van der Waals surface area contributed by atoms with Crippen LogP contribution in [0.2, 0.25) is 0 Å². The van der Waals surface area contributed by atoms with Crippen LogP contribution in [0.5, 0.6) is 0 Å². The number of hydrogen-bond acceptors (Lipinski definition) is 4. The van der Waals surface area contributed by atoms with Crippen molar-refractivity contribution in [2.75, 3.05) is 5.32 Å². The molecule has 2 aromatic heterocycles. The Kier molecular flexibility index (Phi) is 2.62. The molecule has 0 bridgehead atoms. The average Bonchev–Trinajstić information content (AvgIpc) is 2.64. The van der Waals surface area contributed by atoms with Gasteiger partial charge in [-0.05, 0) is 19.1 Å². The number of nitrogens with one attached hydrogen (secondary N) is 1. The highest BCUT2D eigenvalue weighted by atomic mass is 19.1. The second kappa shape index (κ2) is 4.08. The van der Waals surface area contributed by atoms with Crippen LogP contribution in [-0.4, -0.2) is 9.97 Å². The summed E-state index contributed by atoms with van der Waals surface area (Å²) in [6.45, 7) is 2.36. The maximum absolute atomic E-state index is 12.5. The van der Waals surface area contributed by atoms with E-state index in [-0.39, 0.29) is 0 Å². The molecule has 15 heavy (non-hydrogen) atoms. The Morgan fingerprint density at radius 3 is 2.67 bits per heavy atom. The van der Waals surface area contributed by atoms with Crippen molar-refractivity contribution in [2.24, 2.45) is 0 Å². The Labute approximate surface area is 86.2 Å². The van der Waals surface area contributed by atoms with E-state index in [1.807, 2.05) is 19.1 Å². The zero-order valence-electron chi connectivity index (χ0n) is 8.20. The van der Waals surface area contributed by atoms with Gasteiger partial charge in [0.1, 0.15) is 11.5 Å². The molecule has 0 aliphatic heterocycles. The Bertz CT molecular complexity index is 438. The van der Waals surface area contributed by atoms with Crippen LogP contribution in [0.25, 0.3) is 0 Å². The lowest BCUT2D eigenvalue weighted by Crippen LogP contribution is -2.02. The summed E-state index contributed by atoms with van der Waals surface area (Å²) >= 11 is 0. The number of rotatable bonds is 3. The fourth-order valence-corrected chi connectivity index (χ4v) is 1.15. The molecule has 1 N–H and O–H groups in total. The molecule has 4 nitrogen and oxygen atoms in total. The fourth-order valence-electron chi connectivity index (χ4n) is 1.15. The molecule has 5 heteroatoms. The molecule has 0 spiro atoms. The number of nitrogens with zero attached hydrogens (tertiary/aromatic N) is 2. The third kappa shape index (κ3) is 2.52. The van der Waals surface area contributed by atoms with E-state index in [2.05, 4.69) is 15.3 Å². The van der Waals surface area contributed by atoms with Crippen LogP contribution < -0.4 is 5.32 Å². The first-order chi connectivity index (χ1) is 7.24. The van der Waals surface area contributed by atoms with Crippen molar-refractivity contribution in [3.8, 4) is 0 Å². The van der Waals surface area contributed by atoms with Crippen molar-refractivity contribution in [3.05, 3.63) is 41.9 Å². The molecule has 78 valence electrons. The molecule has 0 aliphatic rings. The van der Waals surface area contributed by atoms with E-state index in [1.54, 1.807) is 0 Å². The van der Waals surface area contributed by atoms with Crippen LogP contribution in [0, 0.1) is 12.7 Å². The Hall–Kier alpha value is -1.91. The topological polar surface area (TPSA) is 51.0 Å². The smallest absolute Gasteiger partial charge is 0.223 e. The first kappa shape index (κ1) is 9.64. The Morgan fingerprint density at radius 1 is 1.33 bits per heavy atom. The standard InChI is InChI=1S/C10H10FN3O/c1-7-2-3-9(15-7)6-14-10-12-4-8(11)5-13-10/h2-5H,6H2,1H3,(H,12,13,14). The van der Waals surface area contributed by atoms with Crippen LogP contribution in [0.15, 0.2) is 28.9 Å². The molecule has 0 aliphatic carbocycles. The monoisotopic (exact) mass is 207 g/mol. The maximum Gasteiger partial charge on any atom is 0.223 e. The minimum atomic E-state index is -0.450. The van der Waals surface area contributed by atoms with Crippen LogP contribution in [0.1, 0.15) is 11.5 Å². The molecule has 0 unspecified atom stereocenters. The number of furan rings is 1. The Morgan fingerprint density at radius 2 is 2.07 bits per heavy atom. The van der Waals surface area contributed by atoms with E-state index in [0.29, 0.717) is 12.5 Å². The summed E-state index contributed by atoms with van der Waals surface area (Å²) in [5.74, 6) is 1.58. The number of halogens is 1. The van der Waals surface area contributed by atoms with Crippen LogP contribution in [0.3, 0.4) is 0 Å².